The number of aromatic nitrogens is 1. The van der Waals surface area contributed by atoms with Crippen molar-refractivity contribution in [2.24, 2.45) is 7.05 Å². The zero-order valence-electron chi connectivity index (χ0n) is 21.7. The van der Waals surface area contributed by atoms with E-state index in [1.54, 1.807) is 11.6 Å². The summed E-state index contributed by atoms with van der Waals surface area (Å²) in [7, 11) is 1.77. The molecule has 5 aromatic rings. The van der Waals surface area contributed by atoms with E-state index >= 15 is 0 Å². The van der Waals surface area contributed by atoms with Crippen LogP contribution in [-0.4, -0.2) is 9.67 Å². The molecule has 0 spiro atoms. The lowest BCUT2D eigenvalue weighted by Crippen LogP contribution is -2.18. The first-order chi connectivity index (χ1) is 16.4. The summed E-state index contributed by atoms with van der Waals surface area (Å²) >= 11 is 0. The van der Waals surface area contributed by atoms with Gasteiger partial charge in [0.15, 0.2) is 0 Å². The topological polar surface area (TPSA) is 42.2 Å². The van der Waals surface area contributed by atoms with Crippen molar-refractivity contribution >= 4 is 32.4 Å². The molecule has 3 heteroatoms. The monoisotopic (exact) mass is 463 g/mol. The fraction of sp³-hybridized carbons (Fsp3) is 0.281. The van der Waals surface area contributed by atoms with E-state index in [1.165, 1.54) is 5.56 Å². The molecule has 0 bridgehead atoms. The number of hydrogen-bond donors (Lipinski definition) is 1. The summed E-state index contributed by atoms with van der Waals surface area (Å²) in [4.78, 5) is 13.7. The molecule has 4 aromatic carbocycles. The standard InChI is InChI=1S/C32H33NO2/c1-31(2,3)20-14-12-19(13-15-20)26-22-17-16-21(32(4,5)6)18-24(22)29(34)28-27(26)23-10-8-9-11-25(23)33(7)30(28)35/h8-18,34H,1-7H3. The predicted octanol–water partition coefficient (Wildman–Crippen LogP) is 7.81. The summed E-state index contributed by atoms with van der Waals surface area (Å²) in [5.41, 5.74) is 5.02. The third-order valence-electron chi connectivity index (χ3n) is 7.24. The summed E-state index contributed by atoms with van der Waals surface area (Å²) in [6.45, 7) is 13.1. The number of fused-ring (bicyclic) bond motifs is 4. The minimum atomic E-state index is -0.188. The van der Waals surface area contributed by atoms with Crippen LogP contribution < -0.4 is 5.56 Å². The van der Waals surface area contributed by atoms with Crippen LogP contribution in [0.4, 0.5) is 0 Å². The van der Waals surface area contributed by atoms with Gasteiger partial charge in [-0.3, -0.25) is 4.79 Å². The number of para-hydroxylation sites is 1. The van der Waals surface area contributed by atoms with Crippen molar-refractivity contribution in [2.75, 3.05) is 0 Å². The maximum atomic E-state index is 13.7. The van der Waals surface area contributed by atoms with Crippen molar-refractivity contribution in [1.82, 2.24) is 4.57 Å². The molecule has 0 aliphatic rings. The van der Waals surface area contributed by atoms with Gasteiger partial charge in [-0.05, 0) is 50.6 Å². The fourth-order valence-corrected chi connectivity index (χ4v) is 5.11. The lowest BCUT2D eigenvalue weighted by molar-refractivity contribution is 0.487. The summed E-state index contributed by atoms with van der Waals surface area (Å²) in [5, 5.41) is 15.4. The molecule has 35 heavy (non-hydrogen) atoms. The lowest BCUT2D eigenvalue weighted by Gasteiger charge is -2.23. The van der Waals surface area contributed by atoms with Crippen LogP contribution in [0.5, 0.6) is 5.75 Å². The SMILES string of the molecule is Cn1c(=O)c2c(O)c3cc(C(C)(C)C)ccc3c(-c3ccc(C(C)(C)C)cc3)c2c2ccccc21. The van der Waals surface area contributed by atoms with Crippen LogP contribution >= 0.6 is 0 Å². The van der Waals surface area contributed by atoms with Gasteiger partial charge in [0.1, 0.15) is 5.75 Å². The second-order valence-corrected chi connectivity index (χ2v) is 11.7. The quantitative estimate of drug-likeness (QED) is 0.203. The number of hydrogen-bond acceptors (Lipinski definition) is 2. The van der Waals surface area contributed by atoms with E-state index < -0.39 is 0 Å². The third kappa shape index (κ3) is 3.61. The van der Waals surface area contributed by atoms with Gasteiger partial charge in [-0.25, -0.2) is 0 Å². The number of nitrogens with zero attached hydrogens (tertiary/aromatic N) is 1. The molecular formula is C32H33NO2. The number of aromatic hydroxyl groups is 1. The van der Waals surface area contributed by atoms with Crippen molar-refractivity contribution in [3.8, 4) is 16.9 Å². The largest absolute Gasteiger partial charge is 0.506 e. The Labute approximate surface area is 206 Å². The average molecular weight is 464 g/mol. The number of benzene rings is 4. The Bertz CT molecular complexity index is 1670. The highest BCUT2D eigenvalue weighted by molar-refractivity contribution is 6.24. The molecule has 0 aliphatic carbocycles. The van der Waals surface area contributed by atoms with Crippen LogP contribution in [-0.2, 0) is 17.9 Å². The Morgan fingerprint density at radius 1 is 0.686 bits per heavy atom. The van der Waals surface area contributed by atoms with Crippen molar-refractivity contribution in [2.45, 2.75) is 52.4 Å². The Hall–Kier alpha value is -3.59. The van der Waals surface area contributed by atoms with E-state index in [1.807, 2.05) is 30.3 Å². The molecule has 0 atom stereocenters. The van der Waals surface area contributed by atoms with Crippen molar-refractivity contribution in [3.63, 3.8) is 0 Å². The molecule has 178 valence electrons. The first-order valence-corrected chi connectivity index (χ1v) is 12.2. The first kappa shape index (κ1) is 23.2. The second-order valence-electron chi connectivity index (χ2n) is 11.7. The minimum Gasteiger partial charge on any atom is -0.506 e. The summed E-state index contributed by atoms with van der Waals surface area (Å²) in [6, 6.07) is 22.9. The van der Waals surface area contributed by atoms with Gasteiger partial charge >= 0.3 is 0 Å². The van der Waals surface area contributed by atoms with E-state index in [9.17, 15) is 9.90 Å². The molecule has 0 saturated heterocycles. The van der Waals surface area contributed by atoms with Gasteiger partial charge in [-0.15, -0.1) is 0 Å². The minimum absolute atomic E-state index is 0.0435. The maximum absolute atomic E-state index is 13.7. The van der Waals surface area contributed by atoms with E-state index in [4.69, 9.17) is 0 Å². The number of phenolic OH excluding ortho intramolecular Hbond substituents is 1. The second kappa shape index (κ2) is 7.71. The van der Waals surface area contributed by atoms with Crippen molar-refractivity contribution in [1.29, 1.82) is 0 Å². The lowest BCUT2D eigenvalue weighted by atomic mass is 9.82. The smallest absolute Gasteiger partial charge is 0.262 e. The van der Waals surface area contributed by atoms with Crippen molar-refractivity contribution in [3.05, 3.63) is 88.2 Å². The molecule has 0 aliphatic heterocycles. The van der Waals surface area contributed by atoms with Gasteiger partial charge in [-0.2, -0.15) is 0 Å². The molecule has 0 fully saturated rings. The highest BCUT2D eigenvalue weighted by Gasteiger charge is 2.23. The molecule has 0 amide bonds. The van der Waals surface area contributed by atoms with Gasteiger partial charge in [0.25, 0.3) is 5.56 Å². The highest BCUT2D eigenvalue weighted by Crippen LogP contribution is 2.45. The van der Waals surface area contributed by atoms with Crippen LogP contribution in [0.2, 0.25) is 0 Å². The molecule has 1 heterocycles. The van der Waals surface area contributed by atoms with E-state index in [0.717, 1.165) is 38.4 Å². The molecule has 3 nitrogen and oxygen atoms in total. The van der Waals surface area contributed by atoms with Crippen LogP contribution in [0.1, 0.15) is 52.7 Å². The molecule has 1 N–H and O–H groups in total. The molecule has 5 rings (SSSR count). The third-order valence-corrected chi connectivity index (χ3v) is 7.24. The van der Waals surface area contributed by atoms with Gasteiger partial charge in [0, 0.05) is 23.2 Å². The summed E-state index contributed by atoms with van der Waals surface area (Å²) in [5.74, 6) is 0.0579. The number of phenols is 1. The van der Waals surface area contributed by atoms with Crippen molar-refractivity contribution < 1.29 is 5.11 Å². The van der Waals surface area contributed by atoms with E-state index in [2.05, 4.69) is 77.9 Å². The summed E-state index contributed by atoms with van der Waals surface area (Å²) in [6.07, 6.45) is 0. The van der Waals surface area contributed by atoms with E-state index in [0.29, 0.717) is 10.8 Å². The number of aryl methyl sites for hydroxylation is 1. The van der Waals surface area contributed by atoms with Crippen LogP contribution in [0.25, 0.3) is 43.6 Å². The predicted molar refractivity (Wildman–Crippen MR) is 149 cm³/mol. The Morgan fingerprint density at radius 2 is 1.29 bits per heavy atom. The van der Waals surface area contributed by atoms with Crippen LogP contribution in [0.15, 0.2) is 71.5 Å². The van der Waals surface area contributed by atoms with Crippen LogP contribution in [0, 0.1) is 0 Å². The van der Waals surface area contributed by atoms with Gasteiger partial charge < -0.3 is 9.67 Å². The molecule has 1 aromatic heterocycles. The molecule has 0 radical (unpaired) electrons. The molecule has 0 unspecified atom stereocenters. The number of rotatable bonds is 1. The van der Waals surface area contributed by atoms with E-state index in [-0.39, 0.29) is 22.1 Å². The van der Waals surface area contributed by atoms with Gasteiger partial charge in [0.05, 0.1) is 10.9 Å². The average Bonchev–Trinajstić information content (AvgIpc) is 2.81. The molecular weight excluding hydrogens is 430 g/mol. The van der Waals surface area contributed by atoms with Gasteiger partial charge in [0.2, 0.25) is 0 Å². The zero-order chi connectivity index (χ0) is 25.3. The summed E-state index contributed by atoms with van der Waals surface area (Å²) < 4.78 is 1.64. The normalized spacial score (nSPS) is 12.7. The Morgan fingerprint density at radius 3 is 1.91 bits per heavy atom. The van der Waals surface area contributed by atoms with Crippen LogP contribution in [0.3, 0.4) is 0 Å². The zero-order valence-corrected chi connectivity index (χ0v) is 21.7. The fourth-order valence-electron chi connectivity index (χ4n) is 5.11. The first-order valence-electron chi connectivity index (χ1n) is 12.2. The Balaban J connectivity index is 2.03. The highest BCUT2D eigenvalue weighted by atomic mass is 16.3. The molecule has 0 saturated carbocycles. The maximum Gasteiger partial charge on any atom is 0.262 e. The Kier molecular flexibility index (Phi) is 5.10. The number of pyridine rings is 1. The van der Waals surface area contributed by atoms with Gasteiger partial charge in [-0.1, -0.05) is 96.1 Å².